The van der Waals surface area contributed by atoms with Crippen LogP contribution in [0.3, 0.4) is 0 Å². The molecule has 0 aromatic carbocycles. The highest BCUT2D eigenvalue weighted by Gasteiger charge is 2.20. The van der Waals surface area contributed by atoms with Gasteiger partial charge in [0.05, 0.1) is 6.10 Å². The Labute approximate surface area is 116 Å². The maximum absolute atomic E-state index is 11.1. The van der Waals surface area contributed by atoms with Gasteiger partial charge in [0.15, 0.2) is 0 Å². The second-order valence-corrected chi connectivity index (χ2v) is 5.18. The summed E-state index contributed by atoms with van der Waals surface area (Å²) in [6, 6.07) is 0.635. The number of likely N-dealkylation sites (tertiary alicyclic amines) is 1. The number of nitrogens with zero attached hydrogens (tertiary/aromatic N) is 1. The Morgan fingerprint density at radius 2 is 2.11 bits per heavy atom. The Bertz CT molecular complexity index is 323. The molecule has 0 saturated carbocycles. The van der Waals surface area contributed by atoms with Crippen molar-refractivity contribution in [1.82, 2.24) is 10.2 Å². The molecule has 0 atom stereocenters. The van der Waals surface area contributed by atoms with E-state index in [1.165, 1.54) is 0 Å². The lowest BCUT2D eigenvalue weighted by atomic mass is 10.1. The van der Waals surface area contributed by atoms with Gasteiger partial charge in [-0.1, -0.05) is 5.92 Å². The molecule has 0 aliphatic carbocycles. The van der Waals surface area contributed by atoms with Gasteiger partial charge in [-0.3, -0.25) is 4.79 Å². The minimum Gasteiger partial charge on any atom is -0.378 e. The molecule has 1 saturated heterocycles. The molecule has 108 valence electrons. The molecule has 19 heavy (non-hydrogen) atoms. The first kappa shape index (κ1) is 16.0. The number of hydrogen-bond acceptors (Lipinski definition) is 3. The number of amides is 1. The lowest BCUT2D eigenvalue weighted by Crippen LogP contribution is -2.41. The lowest BCUT2D eigenvalue weighted by Gasteiger charge is -2.34. The highest BCUT2D eigenvalue weighted by atomic mass is 16.5. The summed E-state index contributed by atoms with van der Waals surface area (Å²) < 4.78 is 5.84. The van der Waals surface area contributed by atoms with Crippen LogP contribution < -0.4 is 5.32 Å². The molecule has 1 fully saturated rings. The fraction of sp³-hybridized carbons (Fsp3) is 0.800. The normalized spacial score (nSPS) is 17.1. The monoisotopic (exact) mass is 266 g/mol. The minimum absolute atomic E-state index is 0.201. The molecule has 1 N–H and O–H groups in total. The van der Waals surface area contributed by atoms with E-state index in [4.69, 9.17) is 4.74 Å². The maximum Gasteiger partial charge on any atom is 0.295 e. The van der Waals surface area contributed by atoms with Gasteiger partial charge in [-0.2, -0.15) is 0 Å². The molecular formula is C15H26N2O2. The van der Waals surface area contributed by atoms with Gasteiger partial charge in [-0.15, -0.1) is 0 Å². The van der Waals surface area contributed by atoms with Crippen LogP contribution in [-0.4, -0.2) is 49.2 Å². The van der Waals surface area contributed by atoms with E-state index >= 15 is 0 Å². The average molecular weight is 266 g/mol. The number of carbonyl (C=O) groups is 1. The van der Waals surface area contributed by atoms with Crippen molar-refractivity contribution in [2.24, 2.45) is 0 Å². The number of piperidine rings is 1. The summed E-state index contributed by atoms with van der Waals surface area (Å²) in [6.07, 6.45) is 3.47. The van der Waals surface area contributed by atoms with E-state index in [2.05, 4.69) is 35.9 Å². The largest absolute Gasteiger partial charge is 0.378 e. The van der Waals surface area contributed by atoms with Crippen LogP contribution in [0.2, 0.25) is 0 Å². The van der Waals surface area contributed by atoms with Crippen molar-refractivity contribution in [1.29, 1.82) is 0 Å². The molecular weight excluding hydrogens is 240 g/mol. The maximum atomic E-state index is 11.1. The molecule has 1 aliphatic heterocycles. The van der Waals surface area contributed by atoms with Crippen LogP contribution >= 0.6 is 0 Å². The third-order valence-electron chi connectivity index (χ3n) is 3.41. The number of carbonyl (C=O) groups excluding carboxylic acids is 1. The summed E-state index contributed by atoms with van der Waals surface area (Å²) in [5, 5.41) is 2.74. The summed E-state index contributed by atoms with van der Waals surface area (Å²) in [5.41, 5.74) is 0. The fourth-order valence-electron chi connectivity index (χ4n) is 2.24. The average Bonchev–Trinajstić information content (AvgIpc) is 2.39. The van der Waals surface area contributed by atoms with E-state index in [0.717, 1.165) is 32.4 Å². The van der Waals surface area contributed by atoms with Gasteiger partial charge in [0.25, 0.3) is 5.91 Å². The summed E-state index contributed by atoms with van der Waals surface area (Å²) in [7, 11) is 0. The van der Waals surface area contributed by atoms with Crippen LogP contribution in [0.1, 0.15) is 40.0 Å². The van der Waals surface area contributed by atoms with E-state index < -0.39 is 0 Å². The van der Waals surface area contributed by atoms with Gasteiger partial charge in [-0.05, 0) is 46.0 Å². The van der Waals surface area contributed by atoms with Crippen LogP contribution in [0, 0.1) is 11.8 Å². The molecule has 1 aliphatic rings. The zero-order valence-electron chi connectivity index (χ0n) is 12.4. The van der Waals surface area contributed by atoms with Gasteiger partial charge >= 0.3 is 0 Å². The van der Waals surface area contributed by atoms with Gasteiger partial charge < -0.3 is 15.0 Å². The molecule has 4 heteroatoms. The van der Waals surface area contributed by atoms with Gasteiger partial charge in [0.2, 0.25) is 0 Å². The predicted molar refractivity (Wildman–Crippen MR) is 76.8 cm³/mol. The van der Waals surface area contributed by atoms with Gasteiger partial charge in [0, 0.05) is 32.3 Å². The van der Waals surface area contributed by atoms with Gasteiger partial charge in [0.1, 0.15) is 0 Å². The van der Waals surface area contributed by atoms with E-state index in [-0.39, 0.29) is 5.91 Å². The molecule has 0 bridgehead atoms. The van der Waals surface area contributed by atoms with Crippen molar-refractivity contribution in [2.75, 3.05) is 26.2 Å². The Morgan fingerprint density at radius 1 is 1.42 bits per heavy atom. The number of rotatable bonds is 6. The van der Waals surface area contributed by atoms with E-state index in [9.17, 15) is 4.79 Å². The third-order valence-corrected chi connectivity index (χ3v) is 3.41. The van der Waals surface area contributed by atoms with Crippen molar-refractivity contribution in [3.63, 3.8) is 0 Å². The highest BCUT2D eigenvalue weighted by molar-refractivity contribution is 5.93. The summed E-state index contributed by atoms with van der Waals surface area (Å²) in [4.78, 5) is 13.6. The van der Waals surface area contributed by atoms with Crippen LogP contribution in [-0.2, 0) is 9.53 Å². The summed E-state index contributed by atoms with van der Waals surface area (Å²) >= 11 is 0. The second kappa shape index (κ2) is 8.95. The highest BCUT2D eigenvalue weighted by Crippen LogP contribution is 2.15. The second-order valence-electron chi connectivity index (χ2n) is 5.18. The zero-order valence-corrected chi connectivity index (χ0v) is 12.4. The van der Waals surface area contributed by atoms with Crippen LogP contribution in [0.5, 0.6) is 0 Å². The molecule has 0 spiro atoms. The Balaban J connectivity index is 2.02. The van der Waals surface area contributed by atoms with Crippen molar-refractivity contribution >= 4 is 5.91 Å². The first-order valence-electron chi connectivity index (χ1n) is 7.19. The quantitative estimate of drug-likeness (QED) is 0.584. The SMILES string of the molecule is CC#CC(=O)NCCCOC1CCN(C(C)C)CC1. The van der Waals surface area contributed by atoms with E-state index in [1.54, 1.807) is 6.92 Å². The lowest BCUT2D eigenvalue weighted by molar-refractivity contribution is -0.115. The van der Waals surface area contributed by atoms with Gasteiger partial charge in [-0.25, -0.2) is 0 Å². The molecule has 0 unspecified atom stereocenters. The van der Waals surface area contributed by atoms with Crippen molar-refractivity contribution < 1.29 is 9.53 Å². The topological polar surface area (TPSA) is 41.6 Å². The number of hydrogen-bond donors (Lipinski definition) is 1. The zero-order chi connectivity index (χ0) is 14.1. The third kappa shape index (κ3) is 6.60. The minimum atomic E-state index is -0.201. The predicted octanol–water partition coefficient (Wildman–Crippen LogP) is 1.41. The molecule has 0 aromatic rings. The molecule has 1 heterocycles. The molecule has 4 nitrogen and oxygen atoms in total. The molecule has 0 radical (unpaired) electrons. The van der Waals surface area contributed by atoms with Crippen LogP contribution in [0.15, 0.2) is 0 Å². The smallest absolute Gasteiger partial charge is 0.295 e. The Kier molecular flexibility index (Phi) is 7.54. The fourth-order valence-corrected chi connectivity index (χ4v) is 2.24. The van der Waals surface area contributed by atoms with E-state index in [0.29, 0.717) is 25.3 Å². The van der Waals surface area contributed by atoms with Crippen molar-refractivity contribution in [3.05, 3.63) is 0 Å². The number of ether oxygens (including phenoxy) is 1. The van der Waals surface area contributed by atoms with E-state index in [1.807, 2.05) is 0 Å². The van der Waals surface area contributed by atoms with Crippen LogP contribution in [0.4, 0.5) is 0 Å². The number of nitrogens with one attached hydrogen (secondary N) is 1. The Hall–Kier alpha value is -1.05. The first-order chi connectivity index (χ1) is 9.13. The Morgan fingerprint density at radius 3 is 2.68 bits per heavy atom. The molecule has 0 aromatic heterocycles. The summed E-state index contributed by atoms with van der Waals surface area (Å²) in [6.45, 7) is 9.75. The van der Waals surface area contributed by atoms with Crippen molar-refractivity contribution in [3.8, 4) is 11.8 Å². The summed E-state index contributed by atoms with van der Waals surface area (Å²) in [5.74, 6) is 4.83. The van der Waals surface area contributed by atoms with Crippen LogP contribution in [0.25, 0.3) is 0 Å². The van der Waals surface area contributed by atoms with Crippen molar-refractivity contribution in [2.45, 2.75) is 52.2 Å². The first-order valence-corrected chi connectivity index (χ1v) is 7.19. The molecule has 1 amide bonds. The standard InChI is InChI=1S/C15H26N2O2/c1-4-6-15(18)16-9-5-12-19-14-7-10-17(11-8-14)13(2)3/h13-14H,5,7-12H2,1-3H3,(H,16,18). The molecule has 1 rings (SSSR count).